The summed E-state index contributed by atoms with van der Waals surface area (Å²) >= 11 is 0. The molecule has 39 heavy (non-hydrogen) atoms. The van der Waals surface area contributed by atoms with Gasteiger partial charge in [0.1, 0.15) is 11.4 Å². The second kappa shape index (κ2) is 12.5. The maximum absolute atomic E-state index is 13.0. The molecule has 4 rings (SSSR count). The average molecular weight is 529 g/mol. The summed E-state index contributed by atoms with van der Waals surface area (Å²) in [5, 5.41) is 31.1. The van der Waals surface area contributed by atoms with E-state index in [-0.39, 0.29) is 24.4 Å². The molecule has 0 aliphatic carbocycles. The number of hydrogen-bond acceptors (Lipinski definition) is 6. The fraction of sp³-hybridized carbons (Fsp3) is 0.172. The molecule has 1 aromatic heterocycles. The van der Waals surface area contributed by atoms with Crippen molar-refractivity contribution in [1.29, 1.82) is 0 Å². The number of amides is 2. The van der Waals surface area contributed by atoms with Gasteiger partial charge in [0, 0.05) is 18.5 Å². The second-order valence-electron chi connectivity index (χ2n) is 8.85. The molecule has 2 amide bonds. The maximum atomic E-state index is 13.0. The van der Waals surface area contributed by atoms with Crippen molar-refractivity contribution in [1.82, 2.24) is 15.5 Å². The normalized spacial score (nSPS) is 12.3. The van der Waals surface area contributed by atoms with Gasteiger partial charge < -0.3 is 25.6 Å². The Morgan fingerprint density at radius 1 is 0.923 bits per heavy atom. The van der Waals surface area contributed by atoms with Crippen LogP contribution in [0.2, 0.25) is 0 Å². The lowest BCUT2D eigenvalue weighted by molar-refractivity contribution is -0.147. The molecule has 4 aromatic rings. The van der Waals surface area contributed by atoms with Crippen molar-refractivity contribution in [2.75, 3.05) is 12.4 Å². The predicted octanol–water partition coefficient (Wildman–Crippen LogP) is 3.51. The zero-order valence-corrected chi connectivity index (χ0v) is 21.1. The first-order chi connectivity index (χ1) is 18.8. The Labute approximate surface area is 224 Å². The Bertz CT molecular complexity index is 1440. The molecule has 0 saturated carbocycles. The molecular formula is C29H28N4O6. The number of aliphatic hydroxyl groups excluding tert-OH is 1. The van der Waals surface area contributed by atoms with Crippen LogP contribution in [0, 0.1) is 0 Å². The quantitative estimate of drug-likeness (QED) is 0.200. The number of hydrogen-bond donors (Lipinski definition) is 5. The summed E-state index contributed by atoms with van der Waals surface area (Å²) in [5.41, 5.74) is 3.29. The number of ether oxygens (including phenoxy) is 1. The Kier molecular flexibility index (Phi) is 8.70. The summed E-state index contributed by atoms with van der Waals surface area (Å²) in [6.07, 6.45) is -1.57. The van der Waals surface area contributed by atoms with Crippen molar-refractivity contribution in [2.24, 2.45) is 0 Å². The van der Waals surface area contributed by atoms with Gasteiger partial charge >= 0.3 is 5.97 Å². The number of carbonyl (C=O) groups is 3. The van der Waals surface area contributed by atoms with Crippen LogP contribution < -0.4 is 15.4 Å². The third-order valence-corrected chi connectivity index (χ3v) is 6.09. The van der Waals surface area contributed by atoms with Crippen molar-refractivity contribution in [3.8, 4) is 16.9 Å². The first-order valence-electron chi connectivity index (χ1n) is 12.2. The number of carboxylic acid groups (broad SMARTS) is 1. The summed E-state index contributed by atoms with van der Waals surface area (Å²) in [6.45, 7) is 0. The highest BCUT2D eigenvalue weighted by atomic mass is 16.5. The topological polar surface area (TPSA) is 154 Å². The van der Waals surface area contributed by atoms with Crippen LogP contribution in [0.4, 0.5) is 5.82 Å². The lowest BCUT2D eigenvalue weighted by Crippen LogP contribution is -2.40. The summed E-state index contributed by atoms with van der Waals surface area (Å²) in [5.74, 6) is -1.90. The number of nitrogens with zero attached hydrogens (tertiary/aromatic N) is 1. The highest BCUT2D eigenvalue weighted by molar-refractivity contribution is 6.06. The minimum Gasteiger partial charge on any atom is -0.496 e. The molecule has 3 aromatic carbocycles. The number of aliphatic carboxylic acids is 1. The zero-order valence-electron chi connectivity index (χ0n) is 21.1. The molecule has 0 radical (unpaired) electrons. The van der Waals surface area contributed by atoms with Gasteiger partial charge in [-0.15, -0.1) is 0 Å². The van der Waals surface area contributed by atoms with E-state index in [1.807, 2.05) is 54.6 Å². The molecule has 0 saturated heterocycles. The average Bonchev–Trinajstić information content (AvgIpc) is 3.42. The number of para-hydroxylation sites is 1. The molecule has 0 bridgehead atoms. The van der Waals surface area contributed by atoms with E-state index < -0.39 is 29.9 Å². The van der Waals surface area contributed by atoms with Crippen LogP contribution in [0.3, 0.4) is 0 Å². The number of anilines is 1. The van der Waals surface area contributed by atoms with Gasteiger partial charge in [0.05, 0.1) is 12.7 Å². The van der Waals surface area contributed by atoms with E-state index in [4.69, 9.17) is 4.74 Å². The number of H-pyrrole nitrogens is 1. The highest BCUT2D eigenvalue weighted by Gasteiger charge is 2.23. The maximum Gasteiger partial charge on any atom is 0.332 e. The lowest BCUT2D eigenvalue weighted by atomic mass is 9.97. The third-order valence-electron chi connectivity index (χ3n) is 6.09. The van der Waals surface area contributed by atoms with Crippen LogP contribution in [-0.2, 0) is 11.2 Å². The molecule has 0 aliphatic heterocycles. The predicted molar refractivity (Wildman–Crippen MR) is 145 cm³/mol. The van der Waals surface area contributed by atoms with Crippen LogP contribution in [-0.4, -0.2) is 57.4 Å². The molecule has 5 N–H and O–H groups in total. The molecule has 10 nitrogen and oxygen atoms in total. The number of rotatable bonds is 11. The third kappa shape index (κ3) is 7.08. The standard InChI is InChI=1S/C29H28N4O6/c1-39-25-10-6-5-9-22(25)27(35)31-26-17-23(32-33-26)28(36)30-21(16-24(34)29(37)38)15-18-11-13-20(14-12-18)19-7-3-2-4-8-19/h2-14,17,21,24,34H,15-16H2,1H3,(H,30,36)(H,37,38)(H2,31,32,33,35)/t21?,24-/m1/s1. The Morgan fingerprint density at radius 3 is 2.28 bits per heavy atom. The fourth-order valence-corrected chi connectivity index (χ4v) is 4.09. The zero-order chi connectivity index (χ0) is 27.8. The number of carboxylic acids is 1. The van der Waals surface area contributed by atoms with Crippen LogP contribution in [0.25, 0.3) is 11.1 Å². The summed E-state index contributed by atoms with van der Waals surface area (Å²) in [6, 6.07) is 24.9. The molecule has 200 valence electrons. The summed E-state index contributed by atoms with van der Waals surface area (Å²) in [7, 11) is 1.46. The lowest BCUT2D eigenvalue weighted by Gasteiger charge is -2.20. The van der Waals surface area contributed by atoms with E-state index >= 15 is 0 Å². The number of aliphatic hydroxyl groups is 1. The van der Waals surface area contributed by atoms with Crippen molar-refractivity contribution in [3.63, 3.8) is 0 Å². The van der Waals surface area contributed by atoms with Gasteiger partial charge in [0.2, 0.25) is 0 Å². The highest BCUT2D eigenvalue weighted by Crippen LogP contribution is 2.21. The van der Waals surface area contributed by atoms with E-state index in [1.54, 1.807) is 24.3 Å². The van der Waals surface area contributed by atoms with Gasteiger partial charge in [-0.25, -0.2) is 4.79 Å². The van der Waals surface area contributed by atoms with E-state index in [1.165, 1.54) is 13.2 Å². The van der Waals surface area contributed by atoms with E-state index in [0.717, 1.165) is 16.7 Å². The molecule has 0 fully saturated rings. The molecule has 0 aliphatic rings. The minimum atomic E-state index is -1.66. The van der Waals surface area contributed by atoms with E-state index in [9.17, 15) is 24.6 Å². The summed E-state index contributed by atoms with van der Waals surface area (Å²) in [4.78, 5) is 36.9. The number of carbonyl (C=O) groups excluding carboxylic acids is 2. The molecule has 10 heteroatoms. The van der Waals surface area contributed by atoms with Crippen molar-refractivity contribution >= 4 is 23.6 Å². The van der Waals surface area contributed by atoms with Crippen LogP contribution >= 0.6 is 0 Å². The van der Waals surface area contributed by atoms with Gasteiger partial charge in [-0.05, 0) is 35.2 Å². The van der Waals surface area contributed by atoms with Gasteiger partial charge in [0.25, 0.3) is 11.8 Å². The monoisotopic (exact) mass is 528 g/mol. The molecule has 1 heterocycles. The van der Waals surface area contributed by atoms with Gasteiger partial charge in [-0.1, -0.05) is 66.7 Å². The van der Waals surface area contributed by atoms with Crippen LogP contribution in [0.15, 0.2) is 84.9 Å². The van der Waals surface area contributed by atoms with Gasteiger partial charge in [-0.3, -0.25) is 14.7 Å². The number of aromatic nitrogens is 2. The van der Waals surface area contributed by atoms with Crippen molar-refractivity contribution < 1.29 is 29.3 Å². The fourth-order valence-electron chi connectivity index (χ4n) is 4.09. The van der Waals surface area contributed by atoms with E-state index in [0.29, 0.717) is 11.3 Å². The summed E-state index contributed by atoms with van der Waals surface area (Å²) < 4.78 is 5.20. The molecule has 1 unspecified atom stereocenters. The molecule has 0 spiro atoms. The van der Waals surface area contributed by atoms with Crippen LogP contribution in [0.5, 0.6) is 5.75 Å². The number of benzene rings is 3. The Hall–Kier alpha value is -4.96. The number of aromatic amines is 1. The van der Waals surface area contributed by atoms with E-state index in [2.05, 4.69) is 20.8 Å². The Morgan fingerprint density at radius 2 is 1.59 bits per heavy atom. The van der Waals surface area contributed by atoms with Gasteiger partial charge in [-0.2, -0.15) is 5.10 Å². The van der Waals surface area contributed by atoms with Crippen molar-refractivity contribution in [3.05, 3.63) is 102 Å². The smallest absolute Gasteiger partial charge is 0.332 e. The largest absolute Gasteiger partial charge is 0.496 e. The molecule has 2 atom stereocenters. The Balaban J connectivity index is 1.44. The first-order valence-corrected chi connectivity index (χ1v) is 12.2. The second-order valence-corrected chi connectivity index (χ2v) is 8.85. The number of methoxy groups -OCH3 is 1. The van der Waals surface area contributed by atoms with Crippen molar-refractivity contribution in [2.45, 2.75) is 25.0 Å². The molecular weight excluding hydrogens is 500 g/mol. The van der Waals surface area contributed by atoms with Gasteiger partial charge in [0.15, 0.2) is 11.9 Å². The SMILES string of the molecule is COc1ccccc1C(=O)Nc1cc(C(=O)NC(Cc2ccc(-c3ccccc3)cc2)C[C@@H](O)C(=O)O)[nH]n1. The minimum absolute atomic E-state index is 0.0552. The first kappa shape index (κ1) is 27.1. The number of nitrogens with one attached hydrogen (secondary N) is 3. The van der Waals surface area contributed by atoms with Crippen LogP contribution in [0.1, 0.15) is 32.8 Å².